The van der Waals surface area contributed by atoms with Crippen molar-refractivity contribution in [3.05, 3.63) is 29.3 Å². The summed E-state index contributed by atoms with van der Waals surface area (Å²) < 4.78 is 5.27. The van der Waals surface area contributed by atoms with Crippen LogP contribution in [0.2, 0.25) is 0 Å². The first-order valence-electron chi connectivity index (χ1n) is 6.75. The molecule has 0 heterocycles. The first-order valence-corrected chi connectivity index (χ1v) is 6.75. The van der Waals surface area contributed by atoms with Crippen LogP contribution in [0.3, 0.4) is 0 Å². The second kappa shape index (κ2) is 8.15. The van der Waals surface area contributed by atoms with E-state index in [1.807, 2.05) is 25.1 Å². The van der Waals surface area contributed by atoms with Gasteiger partial charge in [-0.1, -0.05) is 11.6 Å². The monoisotopic (exact) mass is 267 g/mol. The number of benzene rings is 1. The van der Waals surface area contributed by atoms with E-state index in [0.717, 1.165) is 24.0 Å². The summed E-state index contributed by atoms with van der Waals surface area (Å²) in [5.74, 6) is 0.711. The molecule has 2 unspecified atom stereocenters. The van der Waals surface area contributed by atoms with Gasteiger partial charge >= 0.3 is 0 Å². The van der Waals surface area contributed by atoms with Crippen LogP contribution in [0.4, 0.5) is 0 Å². The van der Waals surface area contributed by atoms with Crippen molar-refractivity contribution in [3.8, 4) is 5.75 Å². The zero-order valence-electron chi connectivity index (χ0n) is 12.0. The van der Waals surface area contributed by atoms with Gasteiger partial charge in [0.15, 0.2) is 0 Å². The van der Waals surface area contributed by atoms with E-state index in [2.05, 4.69) is 12.2 Å². The molecule has 0 spiro atoms. The van der Waals surface area contributed by atoms with Gasteiger partial charge in [0.2, 0.25) is 0 Å². The molecule has 1 aromatic carbocycles. The van der Waals surface area contributed by atoms with Crippen molar-refractivity contribution in [2.24, 2.45) is 0 Å². The van der Waals surface area contributed by atoms with Crippen LogP contribution in [-0.4, -0.2) is 36.5 Å². The van der Waals surface area contributed by atoms with E-state index in [1.54, 1.807) is 7.11 Å². The molecule has 0 saturated heterocycles. The van der Waals surface area contributed by atoms with Crippen molar-refractivity contribution in [3.63, 3.8) is 0 Å². The molecule has 4 nitrogen and oxygen atoms in total. The predicted octanol–water partition coefficient (Wildman–Crippen LogP) is 1.79. The number of nitrogens with one attached hydrogen (secondary N) is 1. The number of aliphatic hydroxyl groups excluding tert-OH is 2. The summed E-state index contributed by atoms with van der Waals surface area (Å²) in [5.41, 5.74) is 1.91. The number of aryl methyl sites for hydroxylation is 1. The molecule has 0 bridgehead atoms. The Morgan fingerprint density at radius 2 is 2.11 bits per heavy atom. The molecule has 19 heavy (non-hydrogen) atoms. The van der Waals surface area contributed by atoms with Gasteiger partial charge in [0.05, 0.1) is 13.2 Å². The Balaban J connectivity index is 2.57. The van der Waals surface area contributed by atoms with Crippen molar-refractivity contribution in [1.29, 1.82) is 0 Å². The van der Waals surface area contributed by atoms with Gasteiger partial charge in [0.1, 0.15) is 5.75 Å². The molecule has 0 aromatic heterocycles. The molecular formula is C15H25NO3. The van der Waals surface area contributed by atoms with Crippen LogP contribution < -0.4 is 10.1 Å². The maximum absolute atomic E-state index is 10.2. The van der Waals surface area contributed by atoms with Crippen molar-refractivity contribution < 1.29 is 14.9 Å². The average molecular weight is 267 g/mol. The molecule has 1 rings (SSSR count). The minimum atomic E-state index is -0.591. The number of methoxy groups -OCH3 is 1. The molecule has 0 radical (unpaired) electrons. The Morgan fingerprint density at radius 1 is 1.37 bits per heavy atom. The summed E-state index contributed by atoms with van der Waals surface area (Å²) in [6.07, 6.45) is 1.08. The van der Waals surface area contributed by atoms with Crippen LogP contribution in [0.1, 0.15) is 37.0 Å². The van der Waals surface area contributed by atoms with Gasteiger partial charge in [-0.15, -0.1) is 0 Å². The Bertz CT molecular complexity index is 382. The molecule has 0 fully saturated rings. The predicted molar refractivity (Wildman–Crippen MR) is 76.5 cm³/mol. The third kappa shape index (κ3) is 5.19. The fourth-order valence-corrected chi connectivity index (χ4v) is 2.04. The fourth-order valence-electron chi connectivity index (χ4n) is 2.04. The maximum atomic E-state index is 10.2. The highest BCUT2D eigenvalue weighted by atomic mass is 16.5. The van der Waals surface area contributed by atoms with Crippen molar-refractivity contribution >= 4 is 0 Å². The lowest BCUT2D eigenvalue weighted by Gasteiger charge is -2.19. The van der Waals surface area contributed by atoms with Crippen LogP contribution in [0.25, 0.3) is 0 Å². The van der Waals surface area contributed by atoms with E-state index in [-0.39, 0.29) is 12.6 Å². The lowest BCUT2D eigenvalue weighted by Crippen LogP contribution is -2.30. The number of aliphatic hydroxyl groups is 2. The van der Waals surface area contributed by atoms with E-state index in [0.29, 0.717) is 12.3 Å². The zero-order valence-corrected chi connectivity index (χ0v) is 12.0. The zero-order chi connectivity index (χ0) is 14.3. The Morgan fingerprint density at radius 3 is 2.74 bits per heavy atom. The van der Waals surface area contributed by atoms with E-state index < -0.39 is 6.10 Å². The number of hydrogen-bond acceptors (Lipinski definition) is 4. The molecule has 3 N–H and O–H groups in total. The van der Waals surface area contributed by atoms with Crippen molar-refractivity contribution in [1.82, 2.24) is 5.32 Å². The van der Waals surface area contributed by atoms with Crippen molar-refractivity contribution in [2.75, 3.05) is 20.3 Å². The van der Waals surface area contributed by atoms with Gasteiger partial charge < -0.3 is 20.3 Å². The van der Waals surface area contributed by atoms with E-state index >= 15 is 0 Å². The molecule has 0 aliphatic heterocycles. The second-order valence-electron chi connectivity index (χ2n) is 4.94. The molecular weight excluding hydrogens is 242 g/mol. The first kappa shape index (κ1) is 16.0. The van der Waals surface area contributed by atoms with Crippen LogP contribution in [0.15, 0.2) is 18.2 Å². The van der Waals surface area contributed by atoms with Crippen LogP contribution in [-0.2, 0) is 0 Å². The minimum Gasteiger partial charge on any atom is -0.496 e. The van der Waals surface area contributed by atoms with Gasteiger partial charge in [-0.25, -0.2) is 0 Å². The maximum Gasteiger partial charge on any atom is 0.124 e. The molecule has 0 amide bonds. The minimum absolute atomic E-state index is 0.209. The van der Waals surface area contributed by atoms with Crippen molar-refractivity contribution in [2.45, 2.75) is 38.8 Å². The highest BCUT2D eigenvalue weighted by molar-refractivity contribution is 5.38. The third-order valence-electron chi connectivity index (χ3n) is 3.20. The normalized spacial score (nSPS) is 14.2. The number of rotatable bonds is 8. The molecule has 2 atom stereocenters. The van der Waals surface area contributed by atoms with E-state index in [1.165, 1.54) is 0 Å². The molecule has 1 aromatic rings. The summed E-state index contributed by atoms with van der Waals surface area (Å²) in [6.45, 7) is 4.73. The Kier molecular flexibility index (Phi) is 6.84. The highest BCUT2D eigenvalue weighted by Crippen LogP contribution is 2.25. The average Bonchev–Trinajstić information content (AvgIpc) is 2.42. The van der Waals surface area contributed by atoms with E-state index in [9.17, 15) is 5.11 Å². The Hall–Kier alpha value is -1.10. The van der Waals surface area contributed by atoms with Crippen LogP contribution >= 0.6 is 0 Å². The standard InChI is InChI=1S/C15H25NO3/c1-11-6-7-15(19-3)13(9-11)14(18)10-16-12(2)5-4-8-17/h6-7,9,12,14,16-18H,4-5,8,10H2,1-3H3. The summed E-state index contributed by atoms with van der Waals surface area (Å²) in [4.78, 5) is 0. The van der Waals surface area contributed by atoms with Gasteiger partial charge in [-0.05, 0) is 38.8 Å². The summed E-state index contributed by atoms with van der Waals surface area (Å²) in [5, 5.41) is 22.3. The van der Waals surface area contributed by atoms with Gasteiger partial charge in [0, 0.05) is 24.8 Å². The highest BCUT2D eigenvalue weighted by Gasteiger charge is 2.14. The summed E-state index contributed by atoms with van der Waals surface area (Å²) in [6, 6.07) is 6.07. The molecule has 0 saturated carbocycles. The summed E-state index contributed by atoms with van der Waals surface area (Å²) in [7, 11) is 1.61. The lowest BCUT2D eigenvalue weighted by atomic mass is 10.0. The van der Waals surface area contributed by atoms with Crippen LogP contribution in [0, 0.1) is 6.92 Å². The first-order chi connectivity index (χ1) is 9.08. The topological polar surface area (TPSA) is 61.7 Å². The third-order valence-corrected chi connectivity index (χ3v) is 3.20. The second-order valence-corrected chi connectivity index (χ2v) is 4.94. The van der Waals surface area contributed by atoms with Gasteiger partial charge in [0.25, 0.3) is 0 Å². The fraction of sp³-hybridized carbons (Fsp3) is 0.600. The van der Waals surface area contributed by atoms with E-state index in [4.69, 9.17) is 9.84 Å². The molecule has 4 heteroatoms. The number of hydrogen-bond donors (Lipinski definition) is 3. The molecule has 108 valence electrons. The molecule has 0 aliphatic carbocycles. The number of ether oxygens (including phenoxy) is 1. The van der Waals surface area contributed by atoms with Gasteiger partial charge in [-0.2, -0.15) is 0 Å². The quantitative estimate of drug-likeness (QED) is 0.672. The van der Waals surface area contributed by atoms with Gasteiger partial charge in [-0.3, -0.25) is 0 Å². The molecule has 0 aliphatic rings. The van der Waals surface area contributed by atoms with Crippen LogP contribution in [0.5, 0.6) is 5.75 Å². The summed E-state index contributed by atoms with van der Waals surface area (Å²) >= 11 is 0. The SMILES string of the molecule is COc1ccc(C)cc1C(O)CNC(C)CCCO. The Labute approximate surface area is 115 Å². The lowest BCUT2D eigenvalue weighted by molar-refractivity contribution is 0.165. The largest absolute Gasteiger partial charge is 0.496 e. The smallest absolute Gasteiger partial charge is 0.124 e.